The molecule has 0 aromatic rings. The molecule has 11 unspecified atom stereocenters. The summed E-state index contributed by atoms with van der Waals surface area (Å²) in [6.45, 7) is 16.2. The highest BCUT2D eigenvalue weighted by Gasteiger charge is 2.60. The van der Waals surface area contributed by atoms with Crippen molar-refractivity contribution in [2.75, 3.05) is 7.11 Å². The predicted octanol–water partition coefficient (Wildman–Crippen LogP) is 6.82. The second-order valence-corrected chi connectivity index (χ2v) is 17.9. The molecule has 2 N–H and O–H groups in total. The number of allylic oxidation sites excluding steroid dienone is 3. The third-order valence-electron chi connectivity index (χ3n) is 13.3. The van der Waals surface area contributed by atoms with E-state index in [9.17, 15) is 34.2 Å². The lowest BCUT2D eigenvalue weighted by Crippen LogP contribution is -2.60. The molecule has 53 heavy (non-hydrogen) atoms. The zero-order valence-electron chi connectivity index (χ0n) is 33.9. The first-order chi connectivity index (χ1) is 24.6. The summed E-state index contributed by atoms with van der Waals surface area (Å²) in [5.74, 6) is -4.42. The Labute approximate surface area is 316 Å². The van der Waals surface area contributed by atoms with Gasteiger partial charge in [-0.25, -0.2) is 0 Å². The molecule has 1 saturated heterocycles. The maximum atomic E-state index is 14.8. The molecule has 1 saturated carbocycles. The van der Waals surface area contributed by atoms with E-state index >= 15 is 0 Å². The molecule has 11 atom stereocenters. The molecule has 2 aliphatic carbocycles. The molecular formula is C43H66O10. The Morgan fingerprint density at radius 1 is 0.906 bits per heavy atom. The molecule has 10 nitrogen and oxygen atoms in total. The number of methoxy groups -OCH3 is 1. The van der Waals surface area contributed by atoms with Gasteiger partial charge >= 0.3 is 11.9 Å². The van der Waals surface area contributed by atoms with E-state index in [1.807, 2.05) is 47.6 Å². The first-order valence-electron chi connectivity index (χ1n) is 19.9. The zero-order chi connectivity index (χ0) is 39.6. The number of fused-ring (bicyclic) bond motifs is 5. The highest BCUT2D eigenvalue weighted by molar-refractivity contribution is 5.97. The van der Waals surface area contributed by atoms with Crippen molar-refractivity contribution in [1.82, 2.24) is 0 Å². The molecule has 0 amide bonds. The summed E-state index contributed by atoms with van der Waals surface area (Å²) in [6.07, 6.45) is 3.43. The van der Waals surface area contributed by atoms with Crippen LogP contribution in [0.2, 0.25) is 0 Å². The number of ether oxygens (including phenoxy) is 3. The van der Waals surface area contributed by atoms with Crippen LogP contribution in [0.1, 0.15) is 139 Å². The zero-order valence-corrected chi connectivity index (χ0v) is 33.9. The Bertz CT molecular complexity index is 1470. The Balaban J connectivity index is 2.02. The summed E-state index contributed by atoms with van der Waals surface area (Å²) in [6, 6.07) is 0. The topological polar surface area (TPSA) is 154 Å². The number of carbonyl (C=O) groups excluding carboxylic acids is 5. The number of rotatable bonds is 3. The molecule has 0 aromatic heterocycles. The summed E-state index contributed by atoms with van der Waals surface area (Å²) >= 11 is 0. The van der Waals surface area contributed by atoms with Crippen molar-refractivity contribution in [1.29, 1.82) is 0 Å². The van der Waals surface area contributed by atoms with Crippen LogP contribution < -0.4 is 0 Å². The summed E-state index contributed by atoms with van der Waals surface area (Å²) in [5.41, 5.74) is -2.12. The fourth-order valence-electron chi connectivity index (χ4n) is 9.72. The van der Waals surface area contributed by atoms with Crippen molar-refractivity contribution in [2.45, 2.75) is 169 Å². The van der Waals surface area contributed by atoms with Crippen molar-refractivity contribution in [2.24, 2.45) is 40.9 Å². The van der Waals surface area contributed by atoms with Crippen molar-refractivity contribution in [3.05, 3.63) is 22.8 Å². The monoisotopic (exact) mass is 742 g/mol. The highest BCUT2D eigenvalue weighted by Crippen LogP contribution is 2.56. The summed E-state index contributed by atoms with van der Waals surface area (Å²) in [4.78, 5) is 70.5. The summed E-state index contributed by atoms with van der Waals surface area (Å²) in [7, 11) is 1.28. The first-order valence-corrected chi connectivity index (χ1v) is 19.9. The molecule has 4 aliphatic rings. The van der Waals surface area contributed by atoms with E-state index in [4.69, 9.17) is 14.2 Å². The molecule has 2 bridgehead atoms. The van der Waals surface area contributed by atoms with Gasteiger partial charge in [-0.1, -0.05) is 63.3 Å². The molecule has 10 heteroatoms. The SMILES string of the molecule is COC(=O)C12CC(=O)C(C(C)C)CC(=O)C(C)CCCC(C)CC(=O)C1CC(C)=C1CC(OC(C)=O)C(C)(O)C3CCC(C)(O)C(CCC(C)=CC12)O3. The predicted molar refractivity (Wildman–Crippen MR) is 200 cm³/mol. The van der Waals surface area contributed by atoms with Crippen molar-refractivity contribution < 1.29 is 48.4 Å². The van der Waals surface area contributed by atoms with Crippen LogP contribution in [0.15, 0.2) is 22.8 Å². The van der Waals surface area contributed by atoms with Gasteiger partial charge in [0.25, 0.3) is 0 Å². The molecule has 4 rings (SSSR count). The van der Waals surface area contributed by atoms with Crippen molar-refractivity contribution in [3.8, 4) is 0 Å². The molecular weight excluding hydrogens is 676 g/mol. The van der Waals surface area contributed by atoms with Crippen LogP contribution >= 0.6 is 0 Å². The summed E-state index contributed by atoms with van der Waals surface area (Å²) in [5, 5.41) is 23.7. The van der Waals surface area contributed by atoms with Gasteiger partial charge in [-0.2, -0.15) is 0 Å². The minimum Gasteiger partial charge on any atom is -0.469 e. The fraction of sp³-hybridized carbons (Fsp3) is 0.791. The van der Waals surface area contributed by atoms with Gasteiger partial charge in [0.1, 0.15) is 29.1 Å². The van der Waals surface area contributed by atoms with Crippen LogP contribution in [0.5, 0.6) is 0 Å². The molecule has 0 radical (unpaired) electrons. The van der Waals surface area contributed by atoms with Gasteiger partial charge in [0.05, 0.1) is 30.3 Å². The average molecular weight is 743 g/mol. The molecule has 0 spiro atoms. The second-order valence-electron chi connectivity index (χ2n) is 17.9. The molecule has 298 valence electrons. The minimum absolute atomic E-state index is 0.00267. The van der Waals surface area contributed by atoms with Gasteiger partial charge in [0, 0.05) is 56.3 Å². The van der Waals surface area contributed by atoms with E-state index < -0.39 is 64.6 Å². The van der Waals surface area contributed by atoms with Crippen LogP contribution in [0.3, 0.4) is 0 Å². The van der Waals surface area contributed by atoms with E-state index in [0.717, 1.165) is 24.0 Å². The van der Waals surface area contributed by atoms with Gasteiger partial charge in [-0.05, 0) is 78.1 Å². The van der Waals surface area contributed by atoms with Crippen LogP contribution in [-0.4, -0.2) is 76.1 Å². The largest absolute Gasteiger partial charge is 0.469 e. The van der Waals surface area contributed by atoms with Gasteiger partial charge in [-0.15, -0.1) is 0 Å². The first kappa shape index (κ1) is 43.0. The normalized spacial score (nSPS) is 39.8. The van der Waals surface area contributed by atoms with E-state index in [2.05, 4.69) is 0 Å². The Kier molecular flexibility index (Phi) is 13.8. The lowest BCUT2D eigenvalue weighted by atomic mass is 9.53. The number of hydrogen-bond acceptors (Lipinski definition) is 10. The Hall–Kier alpha value is -2.69. The minimum atomic E-state index is -1.70. The number of aliphatic hydroxyl groups is 2. The van der Waals surface area contributed by atoms with Gasteiger partial charge in [0.15, 0.2) is 0 Å². The number of Topliss-reactive ketones (excluding diaryl/α,β-unsaturated/α-hetero) is 3. The van der Waals surface area contributed by atoms with Crippen LogP contribution in [-0.2, 0) is 38.2 Å². The van der Waals surface area contributed by atoms with Gasteiger partial charge in [-0.3, -0.25) is 24.0 Å². The quantitative estimate of drug-likeness (QED) is 0.233. The molecule has 2 aliphatic heterocycles. The van der Waals surface area contributed by atoms with Gasteiger partial charge in [0.2, 0.25) is 0 Å². The number of carbonyl (C=O) groups is 5. The third kappa shape index (κ3) is 9.24. The van der Waals surface area contributed by atoms with Crippen LogP contribution in [0.25, 0.3) is 0 Å². The fourth-order valence-corrected chi connectivity index (χ4v) is 9.72. The van der Waals surface area contributed by atoms with E-state index in [1.54, 1.807) is 13.8 Å². The maximum absolute atomic E-state index is 14.8. The van der Waals surface area contributed by atoms with Crippen LogP contribution in [0.4, 0.5) is 0 Å². The smallest absolute Gasteiger partial charge is 0.313 e. The molecule has 2 fully saturated rings. The standard InChI is InChI=1S/C43H66O10/c1-24(2)30-21-34(45)27(5)13-11-12-25(3)19-35(46)33-20-28(6)31-22-39(52-29(7)44)42(9,50)38-16-17-41(8,49)37(53-38)15-14-26(4)18-32(31)43(33,23-36(30)47)40(48)51-10/h18,24-25,27,30,32-33,37-39,49-50H,11-17,19-23H2,1-10H3. The lowest BCUT2D eigenvalue weighted by molar-refractivity contribution is -0.239. The summed E-state index contributed by atoms with van der Waals surface area (Å²) < 4.78 is 18.0. The number of ketones is 3. The average Bonchev–Trinajstić information content (AvgIpc) is 3.06. The molecule has 2 heterocycles. The van der Waals surface area contributed by atoms with Crippen molar-refractivity contribution in [3.63, 3.8) is 0 Å². The van der Waals surface area contributed by atoms with E-state index in [-0.39, 0.29) is 67.2 Å². The highest BCUT2D eigenvalue weighted by atomic mass is 16.6. The maximum Gasteiger partial charge on any atom is 0.313 e. The number of hydrogen-bond donors (Lipinski definition) is 2. The van der Waals surface area contributed by atoms with E-state index in [1.165, 1.54) is 14.0 Å². The number of esters is 2. The van der Waals surface area contributed by atoms with Gasteiger partial charge < -0.3 is 24.4 Å². The van der Waals surface area contributed by atoms with Crippen LogP contribution in [0, 0.1) is 40.9 Å². The Morgan fingerprint density at radius 3 is 2.21 bits per heavy atom. The molecule has 0 aromatic carbocycles. The van der Waals surface area contributed by atoms with Crippen molar-refractivity contribution >= 4 is 29.3 Å². The van der Waals surface area contributed by atoms with E-state index in [0.29, 0.717) is 37.7 Å². The lowest BCUT2D eigenvalue weighted by Gasteiger charge is -2.51. The second kappa shape index (κ2) is 17.0. The Morgan fingerprint density at radius 2 is 1.58 bits per heavy atom. The third-order valence-corrected chi connectivity index (χ3v) is 13.3.